The number of fused-ring (bicyclic) bond motifs is 1. The molecule has 1 heterocycles. The van der Waals surface area contributed by atoms with Crippen LogP contribution in [0.1, 0.15) is 36.4 Å². The summed E-state index contributed by atoms with van der Waals surface area (Å²) in [6, 6.07) is 0. The Labute approximate surface area is 84.6 Å². The topological polar surface area (TPSA) is 43.1 Å². The van der Waals surface area contributed by atoms with Gasteiger partial charge in [-0.3, -0.25) is 4.79 Å². The monoisotopic (exact) mass is 243 g/mol. The minimum absolute atomic E-state index is 0.00303. The van der Waals surface area contributed by atoms with E-state index < -0.39 is 0 Å². The van der Waals surface area contributed by atoms with E-state index in [0.29, 0.717) is 22.3 Å². The summed E-state index contributed by atoms with van der Waals surface area (Å²) in [7, 11) is 0. The second kappa shape index (κ2) is 2.67. The lowest BCUT2D eigenvalue weighted by molar-refractivity contribution is 0.0901. The number of halogens is 1. The van der Waals surface area contributed by atoms with E-state index in [1.54, 1.807) is 0 Å². The molecule has 0 radical (unpaired) electrons. The molecule has 1 aliphatic carbocycles. The van der Waals surface area contributed by atoms with Crippen molar-refractivity contribution >= 4 is 21.7 Å². The zero-order valence-corrected chi connectivity index (χ0v) is 9.14. The average Bonchev–Trinajstić information content (AvgIpc) is 2.28. The number of Topliss-reactive ketones (excluding diaryl/α,β-unsaturated/α-hetero) is 1. The molecule has 0 saturated heterocycles. The predicted octanol–water partition coefficient (Wildman–Crippen LogP) is 2.59. The van der Waals surface area contributed by atoms with Crippen LogP contribution >= 0.6 is 15.9 Å². The van der Waals surface area contributed by atoms with Crippen molar-refractivity contribution in [1.29, 1.82) is 0 Å². The van der Waals surface area contributed by atoms with Gasteiger partial charge in [0, 0.05) is 12.8 Å². The number of ketones is 1. The van der Waals surface area contributed by atoms with Gasteiger partial charge in [-0.15, -0.1) is 0 Å². The summed E-state index contributed by atoms with van der Waals surface area (Å²) in [5, 5.41) is 3.74. The summed E-state index contributed by atoms with van der Waals surface area (Å²) in [5.74, 6) is 0.840. The van der Waals surface area contributed by atoms with Crippen LogP contribution in [0.15, 0.2) is 9.13 Å². The van der Waals surface area contributed by atoms with Crippen LogP contribution in [0.25, 0.3) is 0 Å². The second-order valence-corrected chi connectivity index (χ2v) is 4.96. The summed E-state index contributed by atoms with van der Waals surface area (Å²) in [6.45, 7) is 4.12. The molecule has 0 atom stereocenters. The molecule has 0 unspecified atom stereocenters. The molecule has 70 valence electrons. The molecule has 0 aromatic carbocycles. The number of rotatable bonds is 0. The van der Waals surface area contributed by atoms with Gasteiger partial charge in [-0.1, -0.05) is 19.0 Å². The Morgan fingerprint density at radius 2 is 2.15 bits per heavy atom. The summed E-state index contributed by atoms with van der Waals surface area (Å²) >= 11 is 3.20. The first-order valence-electron chi connectivity index (χ1n) is 4.17. The molecular formula is C9H10BrNO2. The maximum absolute atomic E-state index is 11.7. The summed E-state index contributed by atoms with van der Waals surface area (Å²) in [4.78, 5) is 11.7. The molecule has 0 amide bonds. The van der Waals surface area contributed by atoms with Gasteiger partial charge in [-0.05, 0) is 21.3 Å². The highest BCUT2D eigenvalue weighted by molar-refractivity contribution is 9.10. The van der Waals surface area contributed by atoms with Crippen LogP contribution in [0.2, 0.25) is 0 Å². The lowest BCUT2D eigenvalue weighted by Gasteiger charge is -2.26. The Morgan fingerprint density at radius 1 is 1.46 bits per heavy atom. The second-order valence-electron chi connectivity index (χ2n) is 4.21. The van der Waals surface area contributed by atoms with Crippen LogP contribution < -0.4 is 0 Å². The van der Waals surface area contributed by atoms with Crippen molar-refractivity contribution < 1.29 is 9.32 Å². The van der Waals surface area contributed by atoms with Crippen LogP contribution in [0.5, 0.6) is 0 Å². The number of carbonyl (C=O) groups excluding carboxylic acids is 1. The van der Waals surface area contributed by atoms with Gasteiger partial charge in [0.15, 0.2) is 10.4 Å². The number of nitrogens with zero attached hydrogens (tertiary/aromatic N) is 1. The van der Waals surface area contributed by atoms with Gasteiger partial charge < -0.3 is 4.52 Å². The standard InChI is InChI=1S/C9H10BrNO2/c1-9(2)3-5(12)7-6(4-9)13-11-8(7)10/h3-4H2,1-2H3. The van der Waals surface area contributed by atoms with E-state index in [-0.39, 0.29) is 11.2 Å². The van der Waals surface area contributed by atoms with Gasteiger partial charge in [-0.2, -0.15) is 0 Å². The molecule has 0 bridgehead atoms. The zero-order valence-electron chi connectivity index (χ0n) is 7.56. The van der Waals surface area contributed by atoms with Gasteiger partial charge in [0.2, 0.25) is 0 Å². The van der Waals surface area contributed by atoms with E-state index in [0.717, 1.165) is 6.42 Å². The lowest BCUT2D eigenvalue weighted by Crippen LogP contribution is -2.25. The molecule has 0 spiro atoms. The Balaban J connectivity index is 2.51. The third kappa shape index (κ3) is 1.43. The molecule has 2 rings (SSSR count). The fourth-order valence-corrected chi connectivity index (χ4v) is 2.23. The zero-order chi connectivity index (χ0) is 9.64. The minimum atomic E-state index is 0.00303. The van der Waals surface area contributed by atoms with Gasteiger partial charge in [0.05, 0.1) is 5.56 Å². The SMILES string of the molecule is CC1(C)CC(=O)c2c(Br)noc2C1. The molecule has 0 aliphatic heterocycles. The van der Waals surface area contributed by atoms with Crippen LogP contribution in [0, 0.1) is 5.41 Å². The molecule has 3 nitrogen and oxygen atoms in total. The predicted molar refractivity (Wildman–Crippen MR) is 50.6 cm³/mol. The van der Waals surface area contributed by atoms with Gasteiger partial charge in [-0.25, -0.2) is 0 Å². The number of hydrogen-bond acceptors (Lipinski definition) is 3. The van der Waals surface area contributed by atoms with Crippen molar-refractivity contribution in [3.8, 4) is 0 Å². The Morgan fingerprint density at radius 3 is 2.85 bits per heavy atom. The average molecular weight is 244 g/mol. The molecule has 0 saturated carbocycles. The quantitative estimate of drug-likeness (QED) is 0.704. The Kier molecular flexibility index (Phi) is 1.84. The van der Waals surface area contributed by atoms with E-state index in [9.17, 15) is 4.79 Å². The maximum Gasteiger partial charge on any atom is 0.169 e. The molecule has 1 aromatic rings. The van der Waals surface area contributed by atoms with Crippen LogP contribution in [-0.2, 0) is 6.42 Å². The smallest absolute Gasteiger partial charge is 0.169 e. The van der Waals surface area contributed by atoms with Crippen molar-refractivity contribution in [2.24, 2.45) is 5.41 Å². The first-order chi connectivity index (χ1) is 5.99. The Bertz CT molecular complexity index is 368. The summed E-state index contributed by atoms with van der Waals surface area (Å²) < 4.78 is 5.62. The molecule has 0 fully saturated rings. The number of carbonyl (C=O) groups is 1. The summed E-state index contributed by atoms with van der Waals surface area (Å²) in [5.41, 5.74) is 0.641. The fourth-order valence-electron chi connectivity index (χ4n) is 1.71. The van der Waals surface area contributed by atoms with E-state index in [1.165, 1.54) is 0 Å². The lowest BCUT2D eigenvalue weighted by atomic mass is 9.77. The number of hydrogen-bond donors (Lipinski definition) is 0. The largest absolute Gasteiger partial charge is 0.359 e. The third-order valence-corrected chi connectivity index (χ3v) is 2.82. The van der Waals surface area contributed by atoms with Crippen molar-refractivity contribution in [3.63, 3.8) is 0 Å². The first kappa shape index (κ1) is 8.94. The highest BCUT2D eigenvalue weighted by Gasteiger charge is 2.35. The van der Waals surface area contributed by atoms with Crippen LogP contribution in [0.3, 0.4) is 0 Å². The normalized spacial score (nSPS) is 20.1. The van der Waals surface area contributed by atoms with E-state index in [1.807, 2.05) is 0 Å². The van der Waals surface area contributed by atoms with Crippen molar-refractivity contribution in [2.45, 2.75) is 26.7 Å². The minimum Gasteiger partial charge on any atom is -0.359 e. The van der Waals surface area contributed by atoms with E-state index in [4.69, 9.17) is 4.52 Å². The van der Waals surface area contributed by atoms with Crippen molar-refractivity contribution in [3.05, 3.63) is 15.9 Å². The van der Waals surface area contributed by atoms with Crippen LogP contribution in [-0.4, -0.2) is 10.9 Å². The van der Waals surface area contributed by atoms with Gasteiger partial charge >= 0.3 is 0 Å². The van der Waals surface area contributed by atoms with Crippen molar-refractivity contribution in [2.75, 3.05) is 0 Å². The van der Waals surface area contributed by atoms with Crippen LogP contribution in [0.4, 0.5) is 0 Å². The first-order valence-corrected chi connectivity index (χ1v) is 4.96. The highest BCUT2D eigenvalue weighted by Crippen LogP contribution is 2.37. The molecule has 0 N–H and O–H groups in total. The fraction of sp³-hybridized carbons (Fsp3) is 0.556. The van der Waals surface area contributed by atoms with Crippen molar-refractivity contribution in [1.82, 2.24) is 5.16 Å². The van der Waals surface area contributed by atoms with Gasteiger partial charge in [0.25, 0.3) is 0 Å². The molecule has 1 aromatic heterocycles. The van der Waals surface area contributed by atoms with E-state index >= 15 is 0 Å². The maximum atomic E-state index is 11.7. The molecule has 1 aliphatic rings. The Hall–Kier alpha value is -0.640. The molecule has 13 heavy (non-hydrogen) atoms. The third-order valence-electron chi connectivity index (χ3n) is 2.28. The van der Waals surface area contributed by atoms with E-state index in [2.05, 4.69) is 34.9 Å². The number of aromatic nitrogens is 1. The highest BCUT2D eigenvalue weighted by atomic mass is 79.9. The molecular weight excluding hydrogens is 234 g/mol. The summed E-state index contributed by atoms with van der Waals surface area (Å²) in [6.07, 6.45) is 1.35. The molecule has 4 heteroatoms. The van der Waals surface area contributed by atoms with Gasteiger partial charge in [0.1, 0.15) is 5.76 Å².